The molecule has 0 radical (unpaired) electrons. The van der Waals surface area contributed by atoms with Gasteiger partial charge in [0.05, 0.1) is 26.4 Å². The van der Waals surface area contributed by atoms with Crippen LogP contribution in [-0.2, 0) is 65.4 Å². The Kier molecular flexibility index (Phi) is 71.0. The number of hydrogen-bond acceptors (Lipinski definition) is 15. The Morgan fingerprint density at radius 2 is 0.412 bits per heavy atom. The van der Waals surface area contributed by atoms with Crippen LogP contribution in [0.2, 0.25) is 0 Å². The molecule has 0 amide bonds. The van der Waals surface area contributed by atoms with E-state index in [1.807, 2.05) is 0 Å². The van der Waals surface area contributed by atoms with Crippen molar-refractivity contribution in [3.63, 3.8) is 0 Å². The van der Waals surface area contributed by atoms with E-state index < -0.39 is 97.5 Å². The van der Waals surface area contributed by atoms with Crippen LogP contribution in [0, 0.1) is 0 Å². The molecule has 0 aromatic carbocycles. The minimum absolute atomic E-state index is 0.108. The highest BCUT2D eigenvalue weighted by Gasteiger charge is 2.30. The first kappa shape index (κ1) is 95.1. The van der Waals surface area contributed by atoms with Gasteiger partial charge in [-0.05, 0) is 25.7 Å². The summed E-state index contributed by atoms with van der Waals surface area (Å²) in [6, 6.07) is 0. The number of aliphatic hydroxyl groups is 1. The number of rotatable bonds is 79. The fraction of sp³-hybridized carbons (Fsp3) is 0.949. The monoisotopic (exact) mass is 1420 g/mol. The van der Waals surface area contributed by atoms with E-state index in [0.717, 1.165) is 96.3 Å². The van der Waals surface area contributed by atoms with Gasteiger partial charge < -0.3 is 33.8 Å². The first-order chi connectivity index (χ1) is 47.2. The summed E-state index contributed by atoms with van der Waals surface area (Å²) in [6.07, 6.45) is 64.3. The van der Waals surface area contributed by atoms with E-state index in [4.69, 9.17) is 37.0 Å². The number of aliphatic hydroxyl groups excluding tert-OH is 1. The number of phosphoric ester groups is 2. The van der Waals surface area contributed by atoms with Gasteiger partial charge in [0.2, 0.25) is 0 Å². The zero-order valence-electron chi connectivity index (χ0n) is 63.1. The molecule has 576 valence electrons. The van der Waals surface area contributed by atoms with Crippen molar-refractivity contribution in [2.75, 3.05) is 39.6 Å². The minimum Gasteiger partial charge on any atom is -0.462 e. The van der Waals surface area contributed by atoms with Gasteiger partial charge in [-0.1, -0.05) is 368 Å². The molecule has 0 rings (SSSR count). The van der Waals surface area contributed by atoms with E-state index >= 15 is 0 Å². The van der Waals surface area contributed by atoms with E-state index in [9.17, 15) is 43.2 Å². The fourth-order valence-corrected chi connectivity index (χ4v) is 13.7. The maximum absolute atomic E-state index is 13.1. The normalized spacial score (nSPS) is 13.8. The van der Waals surface area contributed by atoms with Crippen LogP contribution in [0.15, 0.2) is 0 Å². The van der Waals surface area contributed by atoms with Crippen molar-refractivity contribution >= 4 is 39.5 Å². The molecule has 97 heavy (non-hydrogen) atoms. The lowest BCUT2D eigenvalue weighted by Gasteiger charge is -2.21. The van der Waals surface area contributed by atoms with Gasteiger partial charge in [-0.25, -0.2) is 9.13 Å². The Morgan fingerprint density at radius 3 is 0.608 bits per heavy atom. The molecule has 19 heteroatoms. The second-order valence-electron chi connectivity index (χ2n) is 28.1. The summed E-state index contributed by atoms with van der Waals surface area (Å²) < 4.78 is 68.4. The number of unbranched alkanes of at least 4 members (excludes halogenated alkanes) is 53. The van der Waals surface area contributed by atoms with Crippen LogP contribution in [0.25, 0.3) is 0 Å². The van der Waals surface area contributed by atoms with Gasteiger partial charge in [-0.3, -0.25) is 37.3 Å². The molecular weight excluding hydrogens is 1270 g/mol. The summed E-state index contributed by atoms with van der Waals surface area (Å²) in [5.41, 5.74) is 0. The SMILES string of the molecule is CCCCCCCCCCCCCCCCCCCCCCCCC(=O)O[C@H](COC(=O)CCCCCCCCCCCCCCCCC)COP(=O)(O)OC[C@@H](O)COP(=O)(O)OC[C@@H](COC(=O)CCCCCCC)OC(=O)CCCCCCCCCCCCCCCCC. The predicted octanol–water partition coefficient (Wildman–Crippen LogP) is 23.4. The summed E-state index contributed by atoms with van der Waals surface area (Å²) in [6.45, 7) is 4.92. The van der Waals surface area contributed by atoms with Crippen LogP contribution < -0.4 is 0 Å². The van der Waals surface area contributed by atoms with E-state index in [-0.39, 0.29) is 25.7 Å². The maximum atomic E-state index is 13.1. The highest BCUT2D eigenvalue weighted by molar-refractivity contribution is 7.47. The Bertz CT molecular complexity index is 1840. The van der Waals surface area contributed by atoms with Gasteiger partial charge in [0.1, 0.15) is 19.3 Å². The molecule has 0 fully saturated rings. The quantitative estimate of drug-likeness (QED) is 0.0222. The standard InChI is InChI=1S/C78H152O17P2/c1-5-9-13-17-20-23-26-29-32-33-34-35-36-37-38-41-44-47-50-53-57-61-65-78(83)95-74(69-89-76(81)63-59-55-51-48-45-42-39-30-27-24-21-18-14-10-6-2)71-93-97(86,87)91-67-72(79)66-90-96(84,85)92-70-73(68-88-75(80)62-58-54-16-12-8-4)94-77(82)64-60-56-52-49-46-43-40-31-28-25-22-19-15-11-7-3/h72-74,79H,5-71H2,1-4H3,(H,84,85)(H,86,87)/t72-,73+,74+/m0/s1. The fourth-order valence-electron chi connectivity index (χ4n) is 12.1. The molecule has 2 unspecified atom stereocenters. The molecule has 0 spiro atoms. The van der Waals surface area contributed by atoms with Crippen molar-refractivity contribution in [3.8, 4) is 0 Å². The second kappa shape index (κ2) is 72.4. The minimum atomic E-state index is -4.96. The topological polar surface area (TPSA) is 237 Å². The first-order valence-corrected chi connectivity index (χ1v) is 43.8. The highest BCUT2D eigenvalue weighted by atomic mass is 31.2. The van der Waals surface area contributed by atoms with E-state index in [1.54, 1.807) is 0 Å². The molecule has 0 aliphatic carbocycles. The van der Waals surface area contributed by atoms with Crippen LogP contribution >= 0.6 is 15.6 Å². The van der Waals surface area contributed by atoms with E-state index in [0.29, 0.717) is 25.7 Å². The second-order valence-corrected chi connectivity index (χ2v) is 31.0. The largest absolute Gasteiger partial charge is 0.472 e. The number of phosphoric acid groups is 2. The average Bonchev–Trinajstić information content (AvgIpc) is 1.91. The lowest BCUT2D eigenvalue weighted by molar-refractivity contribution is -0.161. The number of carbonyl (C=O) groups excluding carboxylic acids is 4. The van der Waals surface area contributed by atoms with Gasteiger partial charge in [0.25, 0.3) is 0 Å². The number of hydrogen-bond donors (Lipinski definition) is 3. The van der Waals surface area contributed by atoms with Gasteiger partial charge in [0.15, 0.2) is 12.2 Å². The van der Waals surface area contributed by atoms with Gasteiger partial charge >= 0.3 is 39.5 Å². The van der Waals surface area contributed by atoms with Crippen molar-refractivity contribution < 1.29 is 80.2 Å². The van der Waals surface area contributed by atoms with Crippen LogP contribution in [0.4, 0.5) is 0 Å². The summed E-state index contributed by atoms with van der Waals surface area (Å²) in [5.74, 6) is -2.12. The molecule has 0 heterocycles. The third-order valence-electron chi connectivity index (χ3n) is 18.4. The summed E-state index contributed by atoms with van der Waals surface area (Å²) in [5, 5.41) is 10.6. The Balaban J connectivity index is 5.10. The van der Waals surface area contributed by atoms with Gasteiger partial charge in [-0.2, -0.15) is 0 Å². The predicted molar refractivity (Wildman–Crippen MR) is 395 cm³/mol. The maximum Gasteiger partial charge on any atom is 0.472 e. The molecule has 0 aliphatic rings. The lowest BCUT2D eigenvalue weighted by Crippen LogP contribution is -2.30. The third kappa shape index (κ3) is 72.2. The van der Waals surface area contributed by atoms with Crippen molar-refractivity contribution in [1.29, 1.82) is 0 Å². The Hall–Kier alpha value is -1.94. The smallest absolute Gasteiger partial charge is 0.462 e. The zero-order chi connectivity index (χ0) is 71.1. The van der Waals surface area contributed by atoms with Crippen LogP contribution in [0.1, 0.15) is 419 Å². The molecule has 17 nitrogen and oxygen atoms in total. The van der Waals surface area contributed by atoms with Crippen molar-refractivity contribution in [2.45, 2.75) is 438 Å². The van der Waals surface area contributed by atoms with E-state index in [1.165, 1.54) is 244 Å². The molecule has 0 aromatic heterocycles. The molecule has 0 saturated heterocycles. The number of carbonyl (C=O) groups is 4. The Labute approximate surface area is 594 Å². The molecule has 0 saturated carbocycles. The molecular formula is C78H152O17P2. The number of esters is 4. The summed E-state index contributed by atoms with van der Waals surface area (Å²) in [7, 11) is -9.90. The number of ether oxygens (including phenoxy) is 4. The zero-order valence-corrected chi connectivity index (χ0v) is 64.8. The third-order valence-corrected chi connectivity index (χ3v) is 20.3. The molecule has 0 bridgehead atoms. The lowest BCUT2D eigenvalue weighted by atomic mass is 10.0. The van der Waals surface area contributed by atoms with Gasteiger partial charge in [-0.15, -0.1) is 0 Å². The Morgan fingerprint density at radius 1 is 0.247 bits per heavy atom. The first-order valence-electron chi connectivity index (χ1n) is 40.8. The van der Waals surface area contributed by atoms with Crippen LogP contribution in [0.3, 0.4) is 0 Å². The molecule has 3 N–H and O–H groups in total. The summed E-state index contributed by atoms with van der Waals surface area (Å²) in [4.78, 5) is 72.6. The van der Waals surface area contributed by atoms with E-state index in [2.05, 4.69) is 27.7 Å². The van der Waals surface area contributed by atoms with Crippen LogP contribution in [0.5, 0.6) is 0 Å². The summed E-state index contributed by atoms with van der Waals surface area (Å²) >= 11 is 0. The molecule has 0 aliphatic heterocycles. The highest BCUT2D eigenvalue weighted by Crippen LogP contribution is 2.45. The van der Waals surface area contributed by atoms with Crippen molar-refractivity contribution in [3.05, 3.63) is 0 Å². The average molecular weight is 1420 g/mol. The molecule has 5 atom stereocenters. The van der Waals surface area contributed by atoms with Crippen LogP contribution in [-0.4, -0.2) is 96.7 Å². The van der Waals surface area contributed by atoms with Crippen molar-refractivity contribution in [2.24, 2.45) is 0 Å². The van der Waals surface area contributed by atoms with Gasteiger partial charge in [0, 0.05) is 25.7 Å². The van der Waals surface area contributed by atoms with Crippen molar-refractivity contribution in [1.82, 2.24) is 0 Å². The molecule has 0 aromatic rings.